The van der Waals surface area contributed by atoms with E-state index in [9.17, 15) is 9.18 Å². The summed E-state index contributed by atoms with van der Waals surface area (Å²) >= 11 is 0. The minimum absolute atomic E-state index is 0.137. The third kappa shape index (κ3) is 3.23. The van der Waals surface area contributed by atoms with Gasteiger partial charge >= 0.3 is 5.97 Å². The van der Waals surface area contributed by atoms with E-state index in [2.05, 4.69) is 5.32 Å². The van der Waals surface area contributed by atoms with E-state index in [1.807, 2.05) is 6.92 Å². The first kappa shape index (κ1) is 13.8. The first-order valence-corrected chi connectivity index (χ1v) is 6.37. The number of carbonyl (C=O) groups is 1. The summed E-state index contributed by atoms with van der Waals surface area (Å²) in [6, 6.07) is 2.88. The van der Waals surface area contributed by atoms with Crippen molar-refractivity contribution < 1.29 is 18.7 Å². The maximum atomic E-state index is 14.0. The Morgan fingerprint density at radius 2 is 2.26 bits per heavy atom. The molecule has 5 heteroatoms. The van der Waals surface area contributed by atoms with Crippen molar-refractivity contribution in [2.75, 3.05) is 6.61 Å². The molecule has 0 aliphatic carbocycles. The molecule has 1 atom stereocenters. The van der Waals surface area contributed by atoms with Crippen molar-refractivity contribution >= 4 is 5.97 Å². The van der Waals surface area contributed by atoms with E-state index in [4.69, 9.17) is 9.47 Å². The average molecular weight is 267 g/mol. The van der Waals surface area contributed by atoms with Crippen molar-refractivity contribution in [3.05, 3.63) is 29.1 Å². The minimum atomic E-state index is -0.537. The van der Waals surface area contributed by atoms with Crippen LogP contribution in [0.4, 0.5) is 4.39 Å². The smallest absolute Gasteiger partial charge is 0.338 e. The fourth-order valence-electron chi connectivity index (χ4n) is 1.86. The summed E-state index contributed by atoms with van der Waals surface area (Å²) in [7, 11) is 0. The monoisotopic (exact) mass is 267 g/mol. The molecule has 0 spiro atoms. The SMILES string of the molecule is CC(C)OC(=O)c1cc(F)c2c(c1)OC[C@H](C)NC2. The average Bonchev–Trinajstić information content (AvgIpc) is 2.51. The molecule has 0 saturated heterocycles. The molecule has 1 aliphatic rings. The van der Waals surface area contributed by atoms with E-state index < -0.39 is 11.8 Å². The van der Waals surface area contributed by atoms with Crippen LogP contribution in [-0.2, 0) is 11.3 Å². The topological polar surface area (TPSA) is 47.6 Å². The maximum absolute atomic E-state index is 14.0. The Morgan fingerprint density at radius 3 is 2.95 bits per heavy atom. The van der Waals surface area contributed by atoms with Crippen LogP contribution in [0, 0.1) is 5.82 Å². The second-order valence-electron chi connectivity index (χ2n) is 4.98. The van der Waals surface area contributed by atoms with Gasteiger partial charge in [-0.3, -0.25) is 0 Å². The Hall–Kier alpha value is -1.62. The quantitative estimate of drug-likeness (QED) is 0.835. The molecule has 0 amide bonds. The number of hydrogen-bond donors (Lipinski definition) is 1. The van der Waals surface area contributed by atoms with Crippen molar-refractivity contribution in [2.45, 2.75) is 39.5 Å². The molecule has 0 unspecified atom stereocenters. The number of ether oxygens (including phenoxy) is 2. The predicted molar refractivity (Wildman–Crippen MR) is 68.7 cm³/mol. The minimum Gasteiger partial charge on any atom is -0.492 e. The maximum Gasteiger partial charge on any atom is 0.338 e. The van der Waals surface area contributed by atoms with Crippen LogP contribution in [0.3, 0.4) is 0 Å². The molecule has 2 rings (SSSR count). The Morgan fingerprint density at radius 1 is 1.53 bits per heavy atom. The Bertz CT molecular complexity index is 488. The Kier molecular flexibility index (Phi) is 4.04. The second-order valence-corrected chi connectivity index (χ2v) is 4.98. The van der Waals surface area contributed by atoms with Crippen molar-refractivity contribution in [3.63, 3.8) is 0 Å². The molecule has 1 heterocycles. The Labute approximate surface area is 111 Å². The summed E-state index contributed by atoms with van der Waals surface area (Å²) in [5.41, 5.74) is 0.630. The fourth-order valence-corrected chi connectivity index (χ4v) is 1.86. The van der Waals surface area contributed by atoms with Gasteiger partial charge in [0.25, 0.3) is 0 Å². The number of carbonyl (C=O) groups excluding carboxylic acids is 1. The zero-order valence-electron chi connectivity index (χ0n) is 11.3. The van der Waals surface area contributed by atoms with Crippen LogP contribution in [0.15, 0.2) is 12.1 Å². The third-order valence-corrected chi connectivity index (χ3v) is 2.85. The summed E-state index contributed by atoms with van der Waals surface area (Å²) in [5.74, 6) is -0.576. The molecule has 0 aromatic heterocycles. The standard InChI is InChI=1S/C14H18FNO3/c1-8(2)19-14(17)10-4-12(15)11-6-16-9(3)7-18-13(11)5-10/h4-5,8-9,16H,6-7H2,1-3H3/t9-/m0/s1. The molecule has 19 heavy (non-hydrogen) atoms. The van der Waals surface area contributed by atoms with Gasteiger partial charge < -0.3 is 14.8 Å². The van der Waals surface area contributed by atoms with Gasteiger partial charge in [0.1, 0.15) is 18.2 Å². The summed E-state index contributed by atoms with van der Waals surface area (Å²) in [5, 5.41) is 3.14. The van der Waals surface area contributed by atoms with Crippen LogP contribution in [0.25, 0.3) is 0 Å². The van der Waals surface area contributed by atoms with Gasteiger partial charge in [0.05, 0.1) is 11.7 Å². The second kappa shape index (κ2) is 5.57. The molecule has 0 bridgehead atoms. The first-order chi connectivity index (χ1) is 8.97. The highest BCUT2D eigenvalue weighted by atomic mass is 19.1. The number of benzene rings is 1. The van der Waals surface area contributed by atoms with Crippen LogP contribution in [-0.4, -0.2) is 24.7 Å². The summed E-state index contributed by atoms with van der Waals surface area (Å²) in [6.45, 7) is 6.29. The van der Waals surface area contributed by atoms with Crippen LogP contribution >= 0.6 is 0 Å². The lowest BCUT2D eigenvalue weighted by Gasteiger charge is -2.12. The van der Waals surface area contributed by atoms with Crippen LogP contribution in [0.5, 0.6) is 5.75 Å². The van der Waals surface area contributed by atoms with Crippen molar-refractivity contribution in [3.8, 4) is 5.75 Å². The molecule has 1 aromatic rings. The lowest BCUT2D eigenvalue weighted by molar-refractivity contribution is 0.0377. The summed E-state index contributed by atoms with van der Waals surface area (Å²) in [6.07, 6.45) is -0.239. The van der Waals surface area contributed by atoms with Gasteiger partial charge in [0.15, 0.2) is 0 Å². The molecular formula is C14H18FNO3. The molecule has 1 aromatic carbocycles. The van der Waals surface area contributed by atoms with Crippen LogP contribution in [0.1, 0.15) is 36.7 Å². The van der Waals surface area contributed by atoms with E-state index in [1.165, 1.54) is 6.07 Å². The predicted octanol–water partition coefficient (Wildman–Crippen LogP) is 2.26. The van der Waals surface area contributed by atoms with Gasteiger partial charge in [-0.2, -0.15) is 0 Å². The van der Waals surface area contributed by atoms with Gasteiger partial charge in [0.2, 0.25) is 0 Å². The highest BCUT2D eigenvalue weighted by Crippen LogP contribution is 2.26. The zero-order valence-corrected chi connectivity index (χ0v) is 11.3. The van der Waals surface area contributed by atoms with Crippen molar-refractivity contribution in [2.24, 2.45) is 0 Å². The first-order valence-electron chi connectivity index (χ1n) is 6.37. The van der Waals surface area contributed by atoms with E-state index in [0.717, 1.165) is 0 Å². The highest BCUT2D eigenvalue weighted by molar-refractivity contribution is 5.90. The van der Waals surface area contributed by atoms with Crippen LogP contribution < -0.4 is 10.1 Å². The van der Waals surface area contributed by atoms with Crippen molar-refractivity contribution in [1.29, 1.82) is 0 Å². The van der Waals surface area contributed by atoms with Gasteiger partial charge in [-0.1, -0.05) is 0 Å². The van der Waals surface area contributed by atoms with E-state index in [0.29, 0.717) is 24.5 Å². The number of nitrogens with one attached hydrogen (secondary N) is 1. The van der Waals surface area contributed by atoms with E-state index >= 15 is 0 Å². The summed E-state index contributed by atoms with van der Waals surface area (Å²) < 4.78 is 24.6. The van der Waals surface area contributed by atoms with Gasteiger partial charge in [-0.05, 0) is 32.9 Å². The van der Waals surface area contributed by atoms with Gasteiger partial charge in [-0.15, -0.1) is 0 Å². The summed E-state index contributed by atoms with van der Waals surface area (Å²) in [4.78, 5) is 11.8. The number of rotatable bonds is 2. The van der Waals surface area contributed by atoms with Gasteiger partial charge in [0, 0.05) is 18.2 Å². The molecule has 1 N–H and O–H groups in total. The molecule has 0 radical (unpaired) electrons. The largest absolute Gasteiger partial charge is 0.492 e. The number of hydrogen-bond acceptors (Lipinski definition) is 4. The molecule has 1 aliphatic heterocycles. The van der Waals surface area contributed by atoms with E-state index in [1.54, 1.807) is 19.9 Å². The third-order valence-electron chi connectivity index (χ3n) is 2.85. The molecular weight excluding hydrogens is 249 g/mol. The highest BCUT2D eigenvalue weighted by Gasteiger charge is 2.20. The Balaban J connectivity index is 2.30. The zero-order chi connectivity index (χ0) is 14.0. The molecule has 0 fully saturated rings. The molecule has 0 saturated carbocycles. The molecule has 104 valence electrons. The number of fused-ring (bicyclic) bond motifs is 1. The number of halogens is 1. The normalized spacial score (nSPS) is 18.5. The lowest BCUT2D eigenvalue weighted by atomic mass is 10.1. The lowest BCUT2D eigenvalue weighted by Crippen LogP contribution is -2.28. The fraction of sp³-hybridized carbons (Fsp3) is 0.500. The number of esters is 1. The van der Waals surface area contributed by atoms with Gasteiger partial charge in [-0.25, -0.2) is 9.18 Å². The van der Waals surface area contributed by atoms with Crippen molar-refractivity contribution in [1.82, 2.24) is 5.32 Å². The van der Waals surface area contributed by atoms with E-state index in [-0.39, 0.29) is 17.7 Å². The van der Waals surface area contributed by atoms with Crippen LogP contribution in [0.2, 0.25) is 0 Å². The molecule has 4 nitrogen and oxygen atoms in total.